The van der Waals surface area contributed by atoms with Crippen molar-refractivity contribution in [2.75, 3.05) is 20.7 Å². The minimum Gasteiger partial charge on any atom is -0.493 e. The number of carbonyl (C=O) groups excluding carboxylic acids is 1. The zero-order chi connectivity index (χ0) is 19.5. The first-order valence-corrected chi connectivity index (χ1v) is 7.72. The van der Waals surface area contributed by atoms with Gasteiger partial charge in [-0.1, -0.05) is 6.04 Å². The molecule has 2 fully saturated rings. The summed E-state index contributed by atoms with van der Waals surface area (Å²) in [7, 11) is 3.30. The number of hydrogen-bond acceptors (Lipinski definition) is 4. The Kier molecular flexibility index (Phi) is 1.64. The third-order valence-corrected chi connectivity index (χ3v) is 5.85. The van der Waals surface area contributed by atoms with Crippen LogP contribution in [0.15, 0.2) is 12.1 Å². The Labute approximate surface area is 137 Å². The van der Waals surface area contributed by atoms with Crippen LogP contribution in [0.2, 0.25) is 0 Å². The second kappa shape index (κ2) is 4.05. The Morgan fingerprint density at radius 3 is 3.27 bits per heavy atom. The van der Waals surface area contributed by atoms with Gasteiger partial charge in [-0.25, -0.2) is 0 Å². The van der Waals surface area contributed by atoms with Gasteiger partial charge in [-0.15, -0.1) is 0 Å². The van der Waals surface area contributed by atoms with E-state index in [1.165, 1.54) is 7.11 Å². The van der Waals surface area contributed by atoms with Crippen molar-refractivity contribution in [3.63, 3.8) is 0 Å². The molecule has 1 saturated carbocycles. The smallest absolute Gasteiger partial charge is 0.174 e. The van der Waals surface area contributed by atoms with Gasteiger partial charge in [0.25, 0.3) is 0 Å². The summed E-state index contributed by atoms with van der Waals surface area (Å²) in [5, 5.41) is 0. The molecule has 1 saturated heterocycles. The summed E-state index contributed by atoms with van der Waals surface area (Å²) in [6.45, 7) is 0.665. The number of ketones is 1. The van der Waals surface area contributed by atoms with Crippen molar-refractivity contribution in [1.29, 1.82) is 0 Å². The molecule has 2 heterocycles. The number of carbonyl (C=O) groups is 1. The lowest BCUT2D eigenvalue weighted by molar-refractivity contribution is -0.138. The molecule has 0 amide bonds. The number of likely N-dealkylation sites (N-methyl/N-ethyl adjacent to an activating group) is 1. The van der Waals surface area contributed by atoms with Gasteiger partial charge in [-0.2, -0.15) is 0 Å². The zero-order valence-electron chi connectivity index (χ0n) is 17.7. The quantitative estimate of drug-likeness (QED) is 0.795. The second-order valence-electron chi connectivity index (χ2n) is 6.63. The van der Waals surface area contributed by atoms with Crippen molar-refractivity contribution in [3.05, 3.63) is 23.2 Å². The van der Waals surface area contributed by atoms with Gasteiger partial charge < -0.3 is 14.4 Å². The Hall–Kier alpha value is -1.55. The highest BCUT2D eigenvalue weighted by atomic mass is 16.5. The van der Waals surface area contributed by atoms with Crippen molar-refractivity contribution < 1.29 is 21.1 Å². The first kappa shape index (κ1) is 8.92. The molecule has 1 spiro atoms. The summed E-state index contributed by atoms with van der Waals surface area (Å²) in [5.74, 6) is -1.51. The molecule has 116 valence electrons. The van der Waals surface area contributed by atoms with Crippen LogP contribution in [0.5, 0.6) is 11.5 Å². The number of hydrogen-bond donors (Lipinski definition) is 0. The molecule has 1 aromatic rings. The molecular weight excluding hydrogens is 278 g/mol. The van der Waals surface area contributed by atoms with Gasteiger partial charge in [-0.3, -0.25) is 4.79 Å². The van der Waals surface area contributed by atoms with Gasteiger partial charge in [0, 0.05) is 27.5 Å². The van der Waals surface area contributed by atoms with Crippen molar-refractivity contribution in [2.24, 2.45) is 5.89 Å². The number of benzene rings is 1. The minimum absolute atomic E-state index is 0.0533. The lowest BCUT2D eigenvalue weighted by Crippen LogP contribution is -2.65. The maximum Gasteiger partial charge on any atom is 0.174 e. The van der Waals surface area contributed by atoms with E-state index in [0.29, 0.717) is 30.5 Å². The normalized spacial score (nSPS) is 47.4. The highest BCUT2D eigenvalue weighted by Gasteiger charge is 2.65. The van der Waals surface area contributed by atoms with Crippen LogP contribution in [0.25, 0.3) is 0 Å². The summed E-state index contributed by atoms with van der Waals surface area (Å²) in [5.41, 5.74) is 0.300. The van der Waals surface area contributed by atoms with E-state index in [-0.39, 0.29) is 36.0 Å². The minimum atomic E-state index is -2.15. The van der Waals surface area contributed by atoms with Crippen LogP contribution in [0.1, 0.15) is 37.2 Å². The third-order valence-electron chi connectivity index (χ3n) is 5.85. The van der Waals surface area contributed by atoms with Crippen molar-refractivity contribution >= 4 is 5.78 Å². The van der Waals surface area contributed by atoms with E-state index in [4.69, 9.17) is 15.0 Å². The predicted octanol–water partition coefficient (Wildman–Crippen LogP) is 1.93. The second-order valence-corrected chi connectivity index (χ2v) is 6.63. The molecule has 2 aliphatic heterocycles. The highest BCUT2D eigenvalue weighted by molar-refractivity contribution is 5.89. The zero-order valence-corrected chi connectivity index (χ0v) is 12.7. The van der Waals surface area contributed by atoms with Gasteiger partial charge in [-0.05, 0) is 50.4 Å². The molecule has 0 aromatic heterocycles. The molecule has 4 atom stereocenters. The first-order chi connectivity index (χ1) is 12.6. The number of ether oxygens (including phenoxy) is 2. The van der Waals surface area contributed by atoms with E-state index in [1.807, 2.05) is 11.9 Å². The summed E-state index contributed by atoms with van der Waals surface area (Å²) >= 11 is 0. The van der Waals surface area contributed by atoms with Gasteiger partial charge in [0.2, 0.25) is 0 Å². The molecule has 4 aliphatic rings. The van der Waals surface area contributed by atoms with Gasteiger partial charge >= 0.3 is 0 Å². The molecule has 0 N–H and O–H groups in total. The molecule has 4 nitrogen and oxygen atoms in total. The van der Waals surface area contributed by atoms with E-state index < -0.39 is 29.6 Å². The number of Topliss-reactive ketones (excluding diaryl/α,β-unsaturated/α-hetero) is 1. The third kappa shape index (κ3) is 1.27. The fourth-order valence-corrected chi connectivity index (χ4v) is 4.85. The maximum atomic E-state index is 13.0. The fraction of sp³-hybridized carbons (Fsp3) is 0.611. The monoisotopic (exact) mass is 304 g/mol. The number of likely N-dealkylation sites (tertiary alicyclic amines) is 1. The molecular formula is C18H21NO3. The molecule has 0 radical (unpaired) electrons. The standard InChI is InChI=1S/C18H21NO3/c1-19-8-7-18-11-4-5-13(20)17(18)22-16-14(21-2)6-3-10(15(16)18)9-12(11)19/h3,6,11-12,17H,4-5,7-9H2,1-2H3/t11-,12+,17?,18-/m0/s1/i3D,5D2,6D,11D. The van der Waals surface area contributed by atoms with Crippen molar-refractivity contribution in [1.82, 2.24) is 4.90 Å². The average Bonchev–Trinajstić information content (AvgIpc) is 2.92. The number of nitrogens with zero attached hydrogens (tertiary/aromatic N) is 1. The average molecular weight is 304 g/mol. The molecule has 2 aliphatic carbocycles. The Morgan fingerprint density at radius 1 is 1.59 bits per heavy atom. The first-order valence-electron chi connectivity index (χ1n) is 10.2. The Balaban J connectivity index is 1.91. The fourth-order valence-electron chi connectivity index (χ4n) is 4.85. The van der Waals surface area contributed by atoms with Gasteiger partial charge in [0.05, 0.1) is 9.85 Å². The van der Waals surface area contributed by atoms with Crippen LogP contribution < -0.4 is 9.47 Å². The number of methoxy groups -OCH3 is 1. The molecule has 4 heteroatoms. The maximum absolute atomic E-state index is 13.0. The van der Waals surface area contributed by atoms with Crippen LogP contribution in [0.4, 0.5) is 0 Å². The highest BCUT2D eigenvalue weighted by Crippen LogP contribution is 2.62. The Bertz CT molecular complexity index is 906. The van der Waals surface area contributed by atoms with E-state index in [0.717, 1.165) is 0 Å². The molecule has 1 unspecified atom stereocenters. The van der Waals surface area contributed by atoms with E-state index >= 15 is 0 Å². The van der Waals surface area contributed by atoms with Crippen LogP contribution >= 0.6 is 0 Å². The number of rotatable bonds is 1. The SMILES string of the molecule is [2H]c1c([2H])c(OC)c2c3c1C[C@H]1N(C)CC[C@@]34C(O2)C(=O)C([2H])([2H])C[C@@]14[2H]. The molecule has 22 heavy (non-hydrogen) atoms. The lowest BCUT2D eigenvalue weighted by Gasteiger charge is -2.57. The molecule has 2 bridgehead atoms. The Morgan fingerprint density at radius 2 is 2.45 bits per heavy atom. The van der Waals surface area contributed by atoms with Gasteiger partial charge in [0.15, 0.2) is 23.4 Å². The van der Waals surface area contributed by atoms with Crippen molar-refractivity contribution in [2.45, 2.75) is 43.2 Å². The van der Waals surface area contributed by atoms with E-state index in [1.54, 1.807) is 0 Å². The van der Waals surface area contributed by atoms with E-state index in [9.17, 15) is 6.17 Å². The summed E-state index contributed by atoms with van der Waals surface area (Å²) < 4.78 is 54.2. The molecule has 1 aromatic carbocycles. The topological polar surface area (TPSA) is 38.8 Å². The van der Waals surface area contributed by atoms with Crippen LogP contribution in [0, 0.1) is 5.89 Å². The van der Waals surface area contributed by atoms with Crippen LogP contribution in [-0.2, 0) is 16.6 Å². The number of piperidine rings is 1. The van der Waals surface area contributed by atoms with Crippen LogP contribution in [0.3, 0.4) is 0 Å². The predicted molar refractivity (Wildman–Crippen MR) is 81.6 cm³/mol. The largest absolute Gasteiger partial charge is 0.493 e. The summed E-state index contributed by atoms with van der Waals surface area (Å²) in [6.07, 6.45) is -2.59. The summed E-state index contributed by atoms with van der Waals surface area (Å²) in [4.78, 5) is 15.1. The van der Waals surface area contributed by atoms with Gasteiger partial charge in [0.1, 0.15) is 0 Å². The summed E-state index contributed by atoms with van der Waals surface area (Å²) in [6, 6.07) is -0.372. The molecule has 5 rings (SSSR count). The van der Waals surface area contributed by atoms with Crippen molar-refractivity contribution in [3.8, 4) is 11.5 Å². The lowest BCUT2D eigenvalue weighted by atomic mass is 9.52. The van der Waals surface area contributed by atoms with E-state index in [2.05, 4.69) is 0 Å². The van der Waals surface area contributed by atoms with Crippen LogP contribution in [-0.4, -0.2) is 43.5 Å².